The van der Waals surface area contributed by atoms with Crippen LogP contribution >= 0.6 is 15.9 Å². The van der Waals surface area contributed by atoms with Crippen LogP contribution in [-0.2, 0) is 0 Å². The smallest absolute Gasteiger partial charge is 0.163 e. The Morgan fingerprint density at radius 3 is 2.73 bits per heavy atom. The van der Waals surface area contributed by atoms with Crippen molar-refractivity contribution in [2.24, 2.45) is 0 Å². The Hall–Kier alpha value is -1.03. The van der Waals surface area contributed by atoms with E-state index in [2.05, 4.69) is 15.9 Å². The fraction of sp³-hybridized carbons (Fsp3) is 0.364. The first kappa shape index (κ1) is 10.5. The van der Waals surface area contributed by atoms with E-state index in [1.807, 2.05) is 0 Å². The topological polar surface area (TPSA) is 35.5 Å². The molecule has 0 amide bonds. The van der Waals surface area contributed by atoms with Gasteiger partial charge in [-0.25, -0.2) is 0 Å². The largest absolute Gasteiger partial charge is 0.486 e. The van der Waals surface area contributed by atoms with Gasteiger partial charge < -0.3 is 9.47 Å². The van der Waals surface area contributed by atoms with Crippen molar-refractivity contribution in [3.63, 3.8) is 0 Å². The molecule has 1 aromatic rings. The van der Waals surface area contributed by atoms with Crippen molar-refractivity contribution in [1.82, 2.24) is 0 Å². The average Bonchev–Trinajstić information content (AvgIpc) is 2.29. The number of halogens is 1. The summed E-state index contributed by atoms with van der Waals surface area (Å²) in [7, 11) is 0. The molecule has 15 heavy (non-hydrogen) atoms. The summed E-state index contributed by atoms with van der Waals surface area (Å²) < 4.78 is 10.8. The predicted molar refractivity (Wildman–Crippen MR) is 60.2 cm³/mol. The van der Waals surface area contributed by atoms with Gasteiger partial charge in [-0.05, 0) is 18.2 Å². The molecule has 1 aliphatic rings. The highest BCUT2D eigenvalue weighted by molar-refractivity contribution is 9.09. The molecule has 1 heterocycles. The molecule has 0 aromatic heterocycles. The number of Topliss-reactive ketones (excluding diaryl/α,β-unsaturated/α-hetero) is 1. The van der Waals surface area contributed by atoms with E-state index in [1.165, 1.54) is 0 Å². The van der Waals surface area contributed by atoms with Gasteiger partial charge in [0.1, 0.15) is 13.2 Å². The third-order valence-corrected chi connectivity index (χ3v) is 2.58. The Morgan fingerprint density at radius 1 is 1.27 bits per heavy atom. The number of carbonyl (C=O) groups excluding carboxylic acids is 1. The Kier molecular flexibility index (Phi) is 3.26. The van der Waals surface area contributed by atoms with Crippen molar-refractivity contribution < 1.29 is 14.3 Å². The highest BCUT2D eigenvalue weighted by Gasteiger charge is 2.14. The number of alkyl halides is 1. The van der Waals surface area contributed by atoms with Crippen molar-refractivity contribution in [1.29, 1.82) is 0 Å². The van der Waals surface area contributed by atoms with Crippen LogP contribution in [0.1, 0.15) is 16.8 Å². The summed E-state index contributed by atoms with van der Waals surface area (Å²) in [6.45, 7) is 1.12. The summed E-state index contributed by atoms with van der Waals surface area (Å²) in [4.78, 5) is 11.6. The lowest BCUT2D eigenvalue weighted by atomic mass is 10.1. The molecule has 3 nitrogen and oxygen atoms in total. The molecule has 0 saturated carbocycles. The molecule has 1 aromatic carbocycles. The second kappa shape index (κ2) is 4.66. The fourth-order valence-corrected chi connectivity index (χ4v) is 1.81. The molecule has 0 bridgehead atoms. The minimum absolute atomic E-state index is 0.115. The Morgan fingerprint density at radius 2 is 2.00 bits per heavy atom. The van der Waals surface area contributed by atoms with Gasteiger partial charge in [0.05, 0.1) is 0 Å². The summed E-state index contributed by atoms with van der Waals surface area (Å²) in [5.41, 5.74) is 0.679. The molecule has 0 aliphatic carbocycles. The highest BCUT2D eigenvalue weighted by Crippen LogP contribution is 2.31. The molecule has 80 valence electrons. The molecule has 4 heteroatoms. The first-order chi connectivity index (χ1) is 7.31. The predicted octanol–water partition coefficient (Wildman–Crippen LogP) is 2.43. The van der Waals surface area contributed by atoms with Crippen molar-refractivity contribution in [3.8, 4) is 11.5 Å². The number of ether oxygens (including phenoxy) is 2. The van der Waals surface area contributed by atoms with Gasteiger partial charge in [-0.3, -0.25) is 4.79 Å². The standard InChI is InChI=1S/C11H11BrO3/c12-4-3-9(13)8-1-2-10-11(7-8)15-6-5-14-10/h1-2,7H,3-6H2. The van der Waals surface area contributed by atoms with Gasteiger partial charge >= 0.3 is 0 Å². The summed E-state index contributed by atoms with van der Waals surface area (Å²) >= 11 is 3.25. The molecular formula is C11H11BrO3. The lowest BCUT2D eigenvalue weighted by molar-refractivity contribution is 0.0988. The zero-order chi connectivity index (χ0) is 10.7. The van der Waals surface area contributed by atoms with E-state index in [9.17, 15) is 4.79 Å². The van der Waals surface area contributed by atoms with Crippen LogP contribution in [0.3, 0.4) is 0 Å². The van der Waals surface area contributed by atoms with Crippen LogP contribution in [0.25, 0.3) is 0 Å². The number of rotatable bonds is 3. The van der Waals surface area contributed by atoms with E-state index in [0.717, 1.165) is 5.75 Å². The van der Waals surface area contributed by atoms with Crippen LogP contribution in [0, 0.1) is 0 Å². The van der Waals surface area contributed by atoms with E-state index in [1.54, 1.807) is 18.2 Å². The number of fused-ring (bicyclic) bond motifs is 1. The Bertz CT molecular complexity index is 376. The first-order valence-electron chi connectivity index (χ1n) is 4.80. The zero-order valence-electron chi connectivity index (χ0n) is 8.16. The number of ketones is 1. The van der Waals surface area contributed by atoms with Gasteiger partial charge in [-0.2, -0.15) is 0 Å². The maximum absolute atomic E-state index is 11.6. The first-order valence-corrected chi connectivity index (χ1v) is 5.92. The molecular weight excluding hydrogens is 260 g/mol. The van der Waals surface area contributed by atoms with Crippen LogP contribution in [-0.4, -0.2) is 24.3 Å². The molecule has 2 rings (SSSR count). The third-order valence-electron chi connectivity index (χ3n) is 2.19. The minimum Gasteiger partial charge on any atom is -0.486 e. The minimum atomic E-state index is 0.115. The third kappa shape index (κ3) is 2.31. The van der Waals surface area contributed by atoms with E-state index in [0.29, 0.717) is 36.3 Å². The van der Waals surface area contributed by atoms with Gasteiger partial charge in [-0.15, -0.1) is 0 Å². The van der Waals surface area contributed by atoms with Crippen molar-refractivity contribution in [2.45, 2.75) is 6.42 Å². The van der Waals surface area contributed by atoms with Crippen LogP contribution in [0.4, 0.5) is 0 Å². The maximum Gasteiger partial charge on any atom is 0.163 e. The van der Waals surface area contributed by atoms with Gasteiger partial charge in [0.25, 0.3) is 0 Å². The maximum atomic E-state index is 11.6. The molecule has 0 saturated heterocycles. The quantitative estimate of drug-likeness (QED) is 0.625. The second-order valence-corrected chi connectivity index (χ2v) is 4.01. The number of hydrogen-bond donors (Lipinski definition) is 0. The van der Waals surface area contributed by atoms with Gasteiger partial charge in [-0.1, -0.05) is 15.9 Å². The van der Waals surface area contributed by atoms with Crippen molar-refractivity contribution in [2.75, 3.05) is 18.5 Å². The van der Waals surface area contributed by atoms with Gasteiger partial charge in [0.2, 0.25) is 0 Å². The van der Waals surface area contributed by atoms with Crippen LogP contribution in [0.5, 0.6) is 11.5 Å². The summed E-state index contributed by atoms with van der Waals surface area (Å²) in [5.74, 6) is 1.50. The molecule has 0 unspecified atom stereocenters. The van der Waals surface area contributed by atoms with E-state index < -0.39 is 0 Å². The number of hydrogen-bond acceptors (Lipinski definition) is 3. The van der Waals surface area contributed by atoms with E-state index >= 15 is 0 Å². The molecule has 0 fully saturated rings. The Labute approximate surface area is 96.5 Å². The molecule has 0 N–H and O–H groups in total. The van der Waals surface area contributed by atoms with Gasteiger partial charge in [0.15, 0.2) is 17.3 Å². The number of carbonyl (C=O) groups is 1. The SMILES string of the molecule is O=C(CCBr)c1ccc2c(c1)OCCO2. The Balaban J connectivity index is 2.24. The van der Waals surface area contributed by atoms with Crippen molar-refractivity contribution in [3.05, 3.63) is 23.8 Å². The summed E-state index contributed by atoms with van der Waals surface area (Å²) in [6, 6.07) is 5.31. The number of benzene rings is 1. The van der Waals surface area contributed by atoms with E-state index in [-0.39, 0.29) is 5.78 Å². The molecule has 0 radical (unpaired) electrons. The zero-order valence-corrected chi connectivity index (χ0v) is 9.75. The fourth-order valence-electron chi connectivity index (χ4n) is 1.45. The molecule has 0 spiro atoms. The molecule has 0 atom stereocenters. The average molecular weight is 271 g/mol. The van der Waals surface area contributed by atoms with Crippen LogP contribution in [0.15, 0.2) is 18.2 Å². The van der Waals surface area contributed by atoms with E-state index in [4.69, 9.17) is 9.47 Å². The lowest BCUT2D eigenvalue weighted by Gasteiger charge is -2.18. The van der Waals surface area contributed by atoms with Crippen LogP contribution in [0.2, 0.25) is 0 Å². The normalized spacial score (nSPS) is 13.7. The van der Waals surface area contributed by atoms with Gasteiger partial charge in [0, 0.05) is 17.3 Å². The molecule has 1 aliphatic heterocycles. The van der Waals surface area contributed by atoms with Crippen molar-refractivity contribution >= 4 is 21.7 Å². The summed E-state index contributed by atoms with van der Waals surface area (Å²) in [5, 5.41) is 0.681. The highest BCUT2D eigenvalue weighted by atomic mass is 79.9. The lowest BCUT2D eigenvalue weighted by Crippen LogP contribution is -2.15. The monoisotopic (exact) mass is 270 g/mol. The summed E-state index contributed by atoms with van der Waals surface area (Å²) in [6.07, 6.45) is 0.500. The van der Waals surface area contributed by atoms with Crippen LogP contribution < -0.4 is 9.47 Å². The second-order valence-electron chi connectivity index (χ2n) is 3.22.